The van der Waals surface area contributed by atoms with Crippen LogP contribution >= 0.6 is 0 Å². The monoisotopic (exact) mass is 344 g/mol. The summed E-state index contributed by atoms with van der Waals surface area (Å²) in [5.41, 5.74) is 0.966. The fourth-order valence-electron chi connectivity index (χ4n) is 2.09. The Bertz CT molecular complexity index is 796. The first-order valence-electron chi connectivity index (χ1n) is 7.84. The number of rotatable bonds is 8. The highest BCUT2D eigenvalue weighted by Gasteiger charge is 2.06. The number of hydrogen-bond donors (Lipinski definition) is 2. The number of benzene rings is 1. The third-order valence-corrected chi connectivity index (χ3v) is 3.55. The second kappa shape index (κ2) is 8.68. The normalized spacial score (nSPS) is 10.3. The van der Waals surface area contributed by atoms with Gasteiger partial charge in [-0.15, -0.1) is 0 Å². The zero-order valence-corrected chi connectivity index (χ0v) is 13.9. The summed E-state index contributed by atoms with van der Waals surface area (Å²) in [6.07, 6.45) is 2.07. The van der Waals surface area contributed by atoms with Gasteiger partial charge in [-0.25, -0.2) is 0 Å². The number of amides is 1. The molecule has 0 bridgehead atoms. The maximum atomic E-state index is 12.0. The van der Waals surface area contributed by atoms with Crippen LogP contribution in [0.5, 0.6) is 5.75 Å². The largest absolute Gasteiger partial charge is 0.494 e. The molecule has 7 nitrogen and oxygen atoms in total. The van der Waals surface area contributed by atoms with Gasteiger partial charge in [0.15, 0.2) is 0 Å². The van der Waals surface area contributed by atoms with Gasteiger partial charge in [-0.2, -0.15) is 0 Å². The van der Waals surface area contributed by atoms with Crippen LogP contribution in [0, 0.1) is 0 Å². The Morgan fingerprint density at radius 2 is 1.92 bits per heavy atom. The molecule has 0 aliphatic rings. The molecule has 0 aliphatic carbocycles. The van der Waals surface area contributed by atoms with E-state index in [1.807, 2.05) is 12.1 Å². The summed E-state index contributed by atoms with van der Waals surface area (Å²) in [6.45, 7) is 0.665. The van der Waals surface area contributed by atoms with Crippen LogP contribution in [-0.2, 0) is 18.4 Å². The van der Waals surface area contributed by atoms with Crippen LogP contribution in [0.15, 0.2) is 47.4 Å². The SMILES string of the molecule is Cn1ccc(C(=O)NCc2ccc(OCCCC(=O)O)cc2)cc1=O. The standard InChI is InChI=1S/C18H20N2O5/c1-20-9-8-14(11-16(20)21)18(24)19-12-13-4-6-15(7-5-13)25-10-2-3-17(22)23/h4-9,11H,2-3,10,12H2,1H3,(H,19,24)(H,22,23). The number of carboxylic acids is 1. The summed E-state index contributed by atoms with van der Waals surface area (Å²) in [4.78, 5) is 34.0. The van der Waals surface area contributed by atoms with Gasteiger partial charge in [0.05, 0.1) is 6.61 Å². The molecule has 1 amide bonds. The maximum absolute atomic E-state index is 12.0. The minimum atomic E-state index is -0.842. The zero-order chi connectivity index (χ0) is 18.2. The number of carbonyl (C=O) groups excluding carboxylic acids is 1. The predicted octanol–water partition coefficient (Wildman–Crippen LogP) is 1.56. The predicted molar refractivity (Wildman–Crippen MR) is 91.7 cm³/mol. The molecule has 2 N–H and O–H groups in total. The van der Waals surface area contributed by atoms with Crippen LogP contribution < -0.4 is 15.6 Å². The number of aromatic nitrogens is 1. The molecule has 1 aromatic carbocycles. The highest BCUT2D eigenvalue weighted by Crippen LogP contribution is 2.12. The highest BCUT2D eigenvalue weighted by atomic mass is 16.5. The topological polar surface area (TPSA) is 97.6 Å². The van der Waals surface area contributed by atoms with Crippen molar-refractivity contribution < 1.29 is 19.4 Å². The van der Waals surface area contributed by atoms with E-state index >= 15 is 0 Å². The lowest BCUT2D eigenvalue weighted by Gasteiger charge is -2.08. The average Bonchev–Trinajstić information content (AvgIpc) is 2.60. The second-order valence-electron chi connectivity index (χ2n) is 5.54. The Labute approximate surface area is 144 Å². The fraction of sp³-hybridized carbons (Fsp3) is 0.278. The first-order valence-corrected chi connectivity index (χ1v) is 7.84. The molecule has 0 fully saturated rings. The lowest BCUT2D eigenvalue weighted by molar-refractivity contribution is -0.137. The molecule has 2 rings (SSSR count). The highest BCUT2D eigenvalue weighted by molar-refractivity contribution is 5.93. The Hall–Kier alpha value is -3.09. The van der Waals surface area contributed by atoms with Gasteiger partial charge in [-0.1, -0.05) is 12.1 Å². The van der Waals surface area contributed by atoms with Crippen LogP contribution in [0.4, 0.5) is 0 Å². The van der Waals surface area contributed by atoms with Crippen molar-refractivity contribution in [2.24, 2.45) is 7.05 Å². The number of nitrogens with zero attached hydrogens (tertiary/aromatic N) is 1. The van der Waals surface area contributed by atoms with Crippen LogP contribution in [0.25, 0.3) is 0 Å². The smallest absolute Gasteiger partial charge is 0.303 e. The Morgan fingerprint density at radius 3 is 2.56 bits per heavy atom. The molecule has 0 radical (unpaired) electrons. The van der Waals surface area contributed by atoms with Gasteiger partial charge in [0.1, 0.15) is 5.75 Å². The van der Waals surface area contributed by atoms with Crippen LogP contribution in [-0.4, -0.2) is 28.2 Å². The van der Waals surface area contributed by atoms with E-state index in [4.69, 9.17) is 9.84 Å². The minimum Gasteiger partial charge on any atom is -0.494 e. The van der Waals surface area contributed by atoms with Crippen molar-refractivity contribution in [2.75, 3.05) is 6.61 Å². The Morgan fingerprint density at radius 1 is 1.20 bits per heavy atom. The molecule has 132 valence electrons. The van der Waals surface area contributed by atoms with E-state index in [0.717, 1.165) is 5.56 Å². The third kappa shape index (κ3) is 5.80. The van der Waals surface area contributed by atoms with Gasteiger partial charge in [0.2, 0.25) is 0 Å². The molecule has 0 spiro atoms. The van der Waals surface area contributed by atoms with Crippen molar-refractivity contribution in [1.29, 1.82) is 0 Å². The van der Waals surface area contributed by atoms with E-state index in [-0.39, 0.29) is 17.9 Å². The number of aliphatic carboxylic acids is 1. The number of hydrogen-bond acceptors (Lipinski definition) is 4. The van der Waals surface area contributed by atoms with E-state index in [9.17, 15) is 14.4 Å². The van der Waals surface area contributed by atoms with Crippen molar-refractivity contribution in [3.8, 4) is 5.75 Å². The molecule has 0 unspecified atom stereocenters. The molecule has 1 heterocycles. The quantitative estimate of drug-likeness (QED) is 0.708. The van der Waals surface area contributed by atoms with Gasteiger partial charge in [0.25, 0.3) is 11.5 Å². The lowest BCUT2D eigenvalue weighted by Crippen LogP contribution is -2.25. The first kappa shape index (κ1) is 18.3. The molecular formula is C18H20N2O5. The molecule has 0 aliphatic heterocycles. The molecular weight excluding hydrogens is 324 g/mol. The number of aryl methyl sites for hydroxylation is 1. The molecule has 2 aromatic rings. The molecule has 0 saturated carbocycles. The molecule has 7 heteroatoms. The van der Waals surface area contributed by atoms with Crippen LogP contribution in [0.2, 0.25) is 0 Å². The first-order chi connectivity index (χ1) is 12.0. The van der Waals surface area contributed by atoms with Gasteiger partial charge in [0, 0.05) is 37.8 Å². The van der Waals surface area contributed by atoms with Crippen molar-refractivity contribution >= 4 is 11.9 Å². The van der Waals surface area contributed by atoms with E-state index in [1.165, 1.54) is 10.6 Å². The zero-order valence-electron chi connectivity index (χ0n) is 13.9. The number of carbonyl (C=O) groups is 2. The van der Waals surface area contributed by atoms with Crippen molar-refractivity contribution in [3.05, 3.63) is 64.1 Å². The molecule has 1 aromatic heterocycles. The van der Waals surface area contributed by atoms with Gasteiger partial charge in [-0.3, -0.25) is 14.4 Å². The Kier molecular flexibility index (Phi) is 6.33. The van der Waals surface area contributed by atoms with E-state index in [1.54, 1.807) is 31.4 Å². The van der Waals surface area contributed by atoms with Crippen molar-refractivity contribution in [3.63, 3.8) is 0 Å². The minimum absolute atomic E-state index is 0.0761. The Balaban J connectivity index is 1.82. The lowest BCUT2D eigenvalue weighted by atomic mass is 10.2. The summed E-state index contributed by atoms with van der Waals surface area (Å²) >= 11 is 0. The van der Waals surface area contributed by atoms with E-state index in [0.29, 0.717) is 30.9 Å². The van der Waals surface area contributed by atoms with Gasteiger partial charge < -0.3 is 19.7 Å². The number of nitrogens with one attached hydrogen (secondary N) is 1. The number of carboxylic acid groups (broad SMARTS) is 1. The molecule has 0 saturated heterocycles. The fourth-order valence-corrected chi connectivity index (χ4v) is 2.09. The average molecular weight is 344 g/mol. The summed E-state index contributed by atoms with van der Waals surface area (Å²) < 4.78 is 6.84. The molecule has 0 atom stereocenters. The van der Waals surface area contributed by atoms with Crippen molar-refractivity contribution in [2.45, 2.75) is 19.4 Å². The number of ether oxygens (including phenoxy) is 1. The van der Waals surface area contributed by atoms with Crippen molar-refractivity contribution in [1.82, 2.24) is 9.88 Å². The summed E-state index contributed by atoms with van der Waals surface area (Å²) in [5.74, 6) is -0.510. The van der Waals surface area contributed by atoms with Gasteiger partial charge >= 0.3 is 5.97 Å². The number of pyridine rings is 1. The molecule has 25 heavy (non-hydrogen) atoms. The third-order valence-electron chi connectivity index (χ3n) is 3.55. The van der Waals surface area contributed by atoms with Crippen LogP contribution in [0.3, 0.4) is 0 Å². The van der Waals surface area contributed by atoms with Gasteiger partial charge in [-0.05, 0) is 30.2 Å². The summed E-state index contributed by atoms with van der Waals surface area (Å²) in [7, 11) is 1.62. The summed E-state index contributed by atoms with van der Waals surface area (Å²) in [6, 6.07) is 10.0. The van der Waals surface area contributed by atoms with E-state index < -0.39 is 5.97 Å². The van der Waals surface area contributed by atoms with E-state index in [2.05, 4.69) is 5.32 Å². The summed E-state index contributed by atoms with van der Waals surface area (Å²) in [5, 5.41) is 11.3. The maximum Gasteiger partial charge on any atom is 0.303 e. The van der Waals surface area contributed by atoms with Crippen LogP contribution in [0.1, 0.15) is 28.8 Å². The second-order valence-corrected chi connectivity index (χ2v) is 5.54.